The fraction of sp³-hybridized carbons (Fsp3) is 0.348. The van der Waals surface area contributed by atoms with E-state index in [0.717, 1.165) is 13.1 Å². The zero-order valence-electron chi connectivity index (χ0n) is 15.9. The molecule has 0 aliphatic carbocycles. The molecule has 3 aromatic rings. The van der Waals surface area contributed by atoms with E-state index < -0.39 is 0 Å². The van der Waals surface area contributed by atoms with Gasteiger partial charge in [0.15, 0.2) is 0 Å². The Balaban J connectivity index is 1.25. The summed E-state index contributed by atoms with van der Waals surface area (Å²) in [6, 6.07) is 20.0. The van der Waals surface area contributed by atoms with E-state index >= 15 is 0 Å². The van der Waals surface area contributed by atoms with E-state index in [0.29, 0.717) is 6.04 Å². The molecule has 4 heteroatoms. The van der Waals surface area contributed by atoms with Crippen molar-refractivity contribution in [3.63, 3.8) is 0 Å². The molecule has 2 aromatic carbocycles. The van der Waals surface area contributed by atoms with E-state index in [4.69, 9.17) is 0 Å². The van der Waals surface area contributed by atoms with Crippen molar-refractivity contribution >= 4 is 11.3 Å². The molecule has 140 valence electrons. The van der Waals surface area contributed by atoms with Crippen LogP contribution in [-0.4, -0.2) is 29.0 Å². The second-order valence-electron chi connectivity index (χ2n) is 7.40. The summed E-state index contributed by atoms with van der Waals surface area (Å²) < 4.78 is 0. The number of nitrogens with zero attached hydrogens (tertiary/aromatic N) is 2. The third kappa shape index (κ3) is 5.04. The topological polar surface area (TPSA) is 28.2 Å². The van der Waals surface area contributed by atoms with Crippen LogP contribution in [0.4, 0.5) is 0 Å². The van der Waals surface area contributed by atoms with Crippen molar-refractivity contribution in [3.05, 3.63) is 76.9 Å². The Hall–Kier alpha value is -2.01. The highest BCUT2D eigenvalue weighted by Crippen LogP contribution is 2.27. The monoisotopic (exact) mass is 377 g/mol. The third-order valence-corrected chi connectivity index (χ3v) is 6.28. The Bertz CT molecular complexity index is 851. The predicted molar refractivity (Wildman–Crippen MR) is 114 cm³/mol. The van der Waals surface area contributed by atoms with Gasteiger partial charge >= 0.3 is 0 Å². The standard InChI is InChI=1S/C23H27N3S/c1-18-6-5-9-20(14-18)22-15-25-23(27-22)16-24-21-10-12-26(13-11-21)17-19-7-3-2-4-8-19/h2-9,14-15,21,24H,10-13,16-17H2,1H3. The number of benzene rings is 2. The molecule has 27 heavy (non-hydrogen) atoms. The van der Waals surface area contributed by atoms with E-state index in [1.807, 2.05) is 6.20 Å². The average Bonchev–Trinajstić information content (AvgIpc) is 3.17. The molecular formula is C23H27N3S. The first-order valence-electron chi connectivity index (χ1n) is 9.78. The summed E-state index contributed by atoms with van der Waals surface area (Å²) in [7, 11) is 0. The van der Waals surface area contributed by atoms with Gasteiger partial charge < -0.3 is 5.32 Å². The van der Waals surface area contributed by atoms with Crippen LogP contribution >= 0.6 is 11.3 Å². The summed E-state index contributed by atoms with van der Waals surface area (Å²) in [5, 5.41) is 4.90. The van der Waals surface area contributed by atoms with Gasteiger partial charge in [0.25, 0.3) is 0 Å². The minimum atomic E-state index is 0.600. The number of piperidine rings is 1. The fourth-order valence-corrected chi connectivity index (χ4v) is 4.56. The maximum absolute atomic E-state index is 4.62. The highest BCUT2D eigenvalue weighted by molar-refractivity contribution is 7.15. The predicted octanol–water partition coefficient (Wildman–Crippen LogP) is 4.87. The smallest absolute Gasteiger partial charge is 0.107 e. The van der Waals surface area contributed by atoms with Gasteiger partial charge in [-0.25, -0.2) is 4.98 Å². The number of rotatable bonds is 6. The van der Waals surface area contributed by atoms with E-state index in [1.165, 1.54) is 52.5 Å². The van der Waals surface area contributed by atoms with Crippen LogP contribution in [0, 0.1) is 6.92 Å². The van der Waals surface area contributed by atoms with Crippen molar-refractivity contribution in [2.24, 2.45) is 0 Å². The first kappa shape index (κ1) is 18.4. The second kappa shape index (κ2) is 8.79. The lowest BCUT2D eigenvalue weighted by atomic mass is 10.0. The summed E-state index contributed by atoms with van der Waals surface area (Å²) in [6.07, 6.45) is 4.44. The molecular weight excluding hydrogens is 350 g/mol. The third-order valence-electron chi connectivity index (χ3n) is 5.23. The molecule has 1 saturated heterocycles. The van der Waals surface area contributed by atoms with Crippen LogP contribution in [0.1, 0.15) is 29.0 Å². The van der Waals surface area contributed by atoms with Crippen molar-refractivity contribution in [1.29, 1.82) is 0 Å². The van der Waals surface area contributed by atoms with Crippen LogP contribution < -0.4 is 5.32 Å². The summed E-state index contributed by atoms with van der Waals surface area (Å²) in [5.74, 6) is 0. The molecule has 0 bridgehead atoms. The van der Waals surface area contributed by atoms with Crippen LogP contribution in [0.2, 0.25) is 0 Å². The fourth-order valence-electron chi connectivity index (χ4n) is 3.69. The number of aryl methyl sites for hydroxylation is 1. The van der Waals surface area contributed by atoms with Crippen LogP contribution in [0.3, 0.4) is 0 Å². The van der Waals surface area contributed by atoms with Crippen LogP contribution in [-0.2, 0) is 13.1 Å². The lowest BCUT2D eigenvalue weighted by Crippen LogP contribution is -2.41. The molecule has 0 radical (unpaired) electrons. The van der Waals surface area contributed by atoms with Gasteiger partial charge in [-0.05, 0) is 44.0 Å². The summed E-state index contributed by atoms with van der Waals surface area (Å²) in [5.41, 5.74) is 3.98. The van der Waals surface area contributed by atoms with Crippen molar-refractivity contribution < 1.29 is 0 Å². The molecule has 4 rings (SSSR count). The highest BCUT2D eigenvalue weighted by Gasteiger charge is 2.19. The quantitative estimate of drug-likeness (QED) is 0.664. The van der Waals surface area contributed by atoms with Gasteiger partial charge in [0, 0.05) is 25.3 Å². The molecule has 1 N–H and O–H groups in total. The zero-order valence-corrected chi connectivity index (χ0v) is 16.7. The lowest BCUT2D eigenvalue weighted by molar-refractivity contribution is 0.190. The van der Waals surface area contributed by atoms with Gasteiger partial charge in [-0.15, -0.1) is 11.3 Å². The van der Waals surface area contributed by atoms with E-state index in [-0.39, 0.29) is 0 Å². The van der Waals surface area contributed by atoms with Crippen molar-refractivity contribution in [1.82, 2.24) is 15.2 Å². The molecule has 1 fully saturated rings. The Morgan fingerprint density at radius 1 is 1.07 bits per heavy atom. The minimum Gasteiger partial charge on any atom is -0.308 e. The van der Waals surface area contributed by atoms with Crippen molar-refractivity contribution in [3.8, 4) is 10.4 Å². The summed E-state index contributed by atoms with van der Waals surface area (Å²) in [6.45, 7) is 6.41. The Morgan fingerprint density at radius 3 is 2.67 bits per heavy atom. The number of thiazole rings is 1. The molecule has 1 aliphatic rings. The molecule has 0 atom stereocenters. The second-order valence-corrected chi connectivity index (χ2v) is 8.52. The highest BCUT2D eigenvalue weighted by atomic mass is 32.1. The van der Waals surface area contributed by atoms with Crippen molar-refractivity contribution in [2.45, 2.75) is 38.9 Å². The Morgan fingerprint density at radius 2 is 1.89 bits per heavy atom. The zero-order chi connectivity index (χ0) is 18.5. The number of likely N-dealkylation sites (tertiary alicyclic amines) is 1. The summed E-state index contributed by atoms with van der Waals surface area (Å²) >= 11 is 1.80. The molecule has 0 unspecified atom stereocenters. The van der Waals surface area contributed by atoms with Gasteiger partial charge in [0.2, 0.25) is 0 Å². The Kier molecular flexibility index (Phi) is 5.97. The van der Waals surface area contributed by atoms with E-state index in [9.17, 15) is 0 Å². The minimum absolute atomic E-state index is 0.600. The molecule has 2 heterocycles. The number of nitrogens with one attached hydrogen (secondary N) is 1. The van der Waals surface area contributed by atoms with Crippen LogP contribution in [0.25, 0.3) is 10.4 Å². The van der Waals surface area contributed by atoms with Crippen LogP contribution in [0.5, 0.6) is 0 Å². The molecule has 3 nitrogen and oxygen atoms in total. The first-order valence-corrected chi connectivity index (χ1v) is 10.6. The molecule has 0 amide bonds. The maximum atomic E-state index is 4.62. The first-order chi connectivity index (χ1) is 13.3. The molecule has 0 spiro atoms. The largest absolute Gasteiger partial charge is 0.308 e. The molecule has 1 aliphatic heterocycles. The number of hydrogen-bond donors (Lipinski definition) is 1. The van der Waals surface area contributed by atoms with Crippen molar-refractivity contribution in [2.75, 3.05) is 13.1 Å². The Labute approximate surface area is 166 Å². The normalized spacial score (nSPS) is 15.9. The maximum Gasteiger partial charge on any atom is 0.107 e. The lowest BCUT2D eigenvalue weighted by Gasteiger charge is -2.32. The summed E-state index contributed by atoms with van der Waals surface area (Å²) in [4.78, 5) is 8.44. The van der Waals surface area contributed by atoms with E-state index in [1.54, 1.807) is 11.3 Å². The van der Waals surface area contributed by atoms with Gasteiger partial charge in [0.1, 0.15) is 5.01 Å². The van der Waals surface area contributed by atoms with E-state index in [2.05, 4.69) is 76.7 Å². The van der Waals surface area contributed by atoms with Crippen LogP contribution in [0.15, 0.2) is 60.8 Å². The van der Waals surface area contributed by atoms with Gasteiger partial charge in [-0.3, -0.25) is 4.90 Å². The SMILES string of the molecule is Cc1cccc(-c2cnc(CNC3CCN(Cc4ccccc4)CC3)s2)c1. The van der Waals surface area contributed by atoms with Gasteiger partial charge in [-0.2, -0.15) is 0 Å². The molecule has 1 aromatic heterocycles. The average molecular weight is 378 g/mol. The van der Waals surface area contributed by atoms with Gasteiger partial charge in [0.05, 0.1) is 4.88 Å². The molecule has 0 saturated carbocycles. The van der Waals surface area contributed by atoms with Gasteiger partial charge in [-0.1, -0.05) is 60.2 Å². The number of hydrogen-bond acceptors (Lipinski definition) is 4. The number of aromatic nitrogens is 1.